The molecule has 0 radical (unpaired) electrons. The molecular weight excluding hydrogens is 266 g/mol. The summed E-state index contributed by atoms with van der Waals surface area (Å²) >= 11 is 3.54. The van der Waals surface area contributed by atoms with E-state index in [0.29, 0.717) is 0 Å². The van der Waals surface area contributed by atoms with Gasteiger partial charge in [0.25, 0.3) is 0 Å². The fourth-order valence-electron chi connectivity index (χ4n) is 1.71. The Morgan fingerprint density at radius 2 is 2.25 bits per heavy atom. The summed E-state index contributed by atoms with van der Waals surface area (Å²) in [5, 5.41) is 7.46. The van der Waals surface area contributed by atoms with Crippen LogP contribution in [0.5, 0.6) is 0 Å². The molecule has 0 unspecified atom stereocenters. The largest absolute Gasteiger partial charge is 0.388 e. The van der Waals surface area contributed by atoms with Crippen LogP contribution in [0.4, 0.5) is 5.69 Å². The van der Waals surface area contributed by atoms with Crippen molar-refractivity contribution >= 4 is 21.6 Å². The first kappa shape index (κ1) is 11.2. The minimum absolute atomic E-state index is 0.866. The number of aryl methyl sites for hydroxylation is 1. The van der Waals surface area contributed by atoms with Crippen molar-refractivity contribution in [1.29, 1.82) is 0 Å². The molecule has 2 aromatic rings. The first-order valence-corrected chi connectivity index (χ1v) is 6.05. The predicted molar refractivity (Wildman–Crippen MR) is 70.6 cm³/mol. The molecule has 2 rings (SSSR count). The highest BCUT2D eigenvalue weighted by molar-refractivity contribution is 9.10. The molecule has 0 bridgehead atoms. The zero-order valence-corrected chi connectivity index (χ0v) is 11.0. The SMILES string of the molecule is CCn1ncc(Br)c1-c1cccc(NC)c1. The Labute approximate surface area is 104 Å². The molecular formula is C12H14BrN3. The lowest BCUT2D eigenvalue weighted by Gasteiger charge is -2.07. The number of anilines is 1. The summed E-state index contributed by atoms with van der Waals surface area (Å²) in [7, 11) is 1.92. The van der Waals surface area contributed by atoms with Gasteiger partial charge in [-0.15, -0.1) is 0 Å². The Bertz CT molecular complexity index is 491. The van der Waals surface area contributed by atoms with Crippen LogP contribution >= 0.6 is 15.9 Å². The smallest absolute Gasteiger partial charge is 0.0825 e. The van der Waals surface area contributed by atoms with E-state index in [1.165, 1.54) is 0 Å². The quantitative estimate of drug-likeness (QED) is 0.934. The third-order valence-corrected chi connectivity index (χ3v) is 3.10. The van der Waals surface area contributed by atoms with Gasteiger partial charge >= 0.3 is 0 Å². The number of halogens is 1. The molecule has 1 heterocycles. The highest BCUT2D eigenvalue weighted by Gasteiger charge is 2.09. The molecule has 0 atom stereocenters. The van der Waals surface area contributed by atoms with Gasteiger partial charge in [0.15, 0.2) is 0 Å². The van der Waals surface area contributed by atoms with Crippen molar-refractivity contribution in [3.63, 3.8) is 0 Å². The van der Waals surface area contributed by atoms with E-state index in [4.69, 9.17) is 0 Å². The third kappa shape index (κ3) is 1.97. The van der Waals surface area contributed by atoms with Gasteiger partial charge in [-0.25, -0.2) is 0 Å². The van der Waals surface area contributed by atoms with Crippen LogP contribution in [0.3, 0.4) is 0 Å². The Hall–Kier alpha value is -1.29. The van der Waals surface area contributed by atoms with Crippen LogP contribution in [-0.4, -0.2) is 16.8 Å². The van der Waals surface area contributed by atoms with Crippen molar-refractivity contribution in [2.45, 2.75) is 13.5 Å². The Kier molecular flexibility index (Phi) is 3.29. The van der Waals surface area contributed by atoms with Crippen LogP contribution < -0.4 is 5.32 Å². The van der Waals surface area contributed by atoms with Gasteiger partial charge in [0.05, 0.1) is 16.4 Å². The summed E-state index contributed by atoms with van der Waals surface area (Å²) in [6, 6.07) is 8.30. The van der Waals surface area contributed by atoms with Crippen molar-refractivity contribution in [2.75, 3.05) is 12.4 Å². The highest BCUT2D eigenvalue weighted by atomic mass is 79.9. The van der Waals surface area contributed by atoms with E-state index in [0.717, 1.165) is 28.0 Å². The van der Waals surface area contributed by atoms with E-state index in [9.17, 15) is 0 Å². The molecule has 0 saturated heterocycles. The molecule has 84 valence electrons. The van der Waals surface area contributed by atoms with Crippen molar-refractivity contribution in [2.24, 2.45) is 0 Å². The lowest BCUT2D eigenvalue weighted by Crippen LogP contribution is -1.99. The first-order chi connectivity index (χ1) is 7.76. The average molecular weight is 280 g/mol. The number of hydrogen-bond acceptors (Lipinski definition) is 2. The van der Waals surface area contributed by atoms with Crippen LogP contribution in [-0.2, 0) is 6.54 Å². The Balaban J connectivity index is 2.53. The summed E-state index contributed by atoms with van der Waals surface area (Å²) in [6.45, 7) is 2.95. The lowest BCUT2D eigenvalue weighted by molar-refractivity contribution is 0.667. The summed E-state index contributed by atoms with van der Waals surface area (Å²) in [5.41, 5.74) is 3.39. The number of nitrogens with one attached hydrogen (secondary N) is 1. The number of aromatic nitrogens is 2. The van der Waals surface area contributed by atoms with Crippen molar-refractivity contribution in [3.05, 3.63) is 34.9 Å². The van der Waals surface area contributed by atoms with Crippen LogP contribution in [0.25, 0.3) is 11.3 Å². The van der Waals surface area contributed by atoms with E-state index in [2.05, 4.69) is 45.4 Å². The van der Waals surface area contributed by atoms with Gasteiger partial charge in [-0.05, 0) is 35.0 Å². The van der Waals surface area contributed by atoms with Crippen LogP contribution in [0.15, 0.2) is 34.9 Å². The molecule has 0 saturated carbocycles. The van der Waals surface area contributed by atoms with Crippen LogP contribution in [0, 0.1) is 0 Å². The number of rotatable bonds is 3. The van der Waals surface area contributed by atoms with E-state index in [1.807, 2.05) is 30.1 Å². The first-order valence-electron chi connectivity index (χ1n) is 5.25. The second-order valence-corrected chi connectivity index (χ2v) is 4.34. The minimum atomic E-state index is 0.866. The molecule has 0 amide bonds. The summed E-state index contributed by atoms with van der Waals surface area (Å²) < 4.78 is 3.02. The van der Waals surface area contributed by atoms with Crippen LogP contribution in [0.1, 0.15) is 6.92 Å². The number of benzene rings is 1. The molecule has 0 aliphatic carbocycles. The molecule has 4 heteroatoms. The molecule has 1 aromatic carbocycles. The van der Waals surface area contributed by atoms with Crippen molar-refractivity contribution in [3.8, 4) is 11.3 Å². The van der Waals surface area contributed by atoms with E-state index < -0.39 is 0 Å². The number of hydrogen-bond donors (Lipinski definition) is 1. The van der Waals surface area contributed by atoms with Crippen molar-refractivity contribution in [1.82, 2.24) is 9.78 Å². The maximum absolute atomic E-state index is 4.32. The van der Waals surface area contributed by atoms with E-state index in [1.54, 1.807) is 0 Å². The van der Waals surface area contributed by atoms with Gasteiger partial charge in [-0.1, -0.05) is 12.1 Å². The monoisotopic (exact) mass is 279 g/mol. The molecule has 0 aliphatic heterocycles. The van der Waals surface area contributed by atoms with Crippen molar-refractivity contribution < 1.29 is 0 Å². The lowest BCUT2D eigenvalue weighted by atomic mass is 10.1. The van der Waals surface area contributed by atoms with Gasteiger partial charge in [0.2, 0.25) is 0 Å². The second-order valence-electron chi connectivity index (χ2n) is 3.49. The van der Waals surface area contributed by atoms with Crippen LogP contribution in [0.2, 0.25) is 0 Å². The summed E-state index contributed by atoms with van der Waals surface area (Å²) in [6.07, 6.45) is 1.84. The summed E-state index contributed by atoms with van der Waals surface area (Å²) in [5.74, 6) is 0. The Morgan fingerprint density at radius 3 is 2.94 bits per heavy atom. The fourth-order valence-corrected chi connectivity index (χ4v) is 2.24. The maximum Gasteiger partial charge on any atom is 0.0825 e. The summed E-state index contributed by atoms with van der Waals surface area (Å²) in [4.78, 5) is 0. The van der Waals surface area contributed by atoms with Gasteiger partial charge in [-0.2, -0.15) is 5.10 Å². The average Bonchev–Trinajstić information content (AvgIpc) is 2.70. The van der Waals surface area contributed by atoms with E-state index >= 15 is 0 Å². The van der Waals surface area contributed by atoms with Gasteiger partial charge in [0, 0.05) is 24.8 Å². The number of nitrogens with zero attached hydrogens (tertiary/aromatic N) is 2. The zero-order valence-electron chi connectivity index (χ0n) is 9.37. The highest BCUT2D eigenvalue weighted by Crippen LogP contribution is 2.29. The molecule has 3 nitrogen and oxygen atoms in total. The fraction of sp³-hybridized carbons (Fsp3) is 0.250. The van der Waals surface area contributed by atoms with Gasteiger partial charge < -0.3 is 5.32 Å². The maximum atomic E-state index is 4.32. The molecule has 0 spiro atoms. The molecule has 0 aliphatic rings. The predicted octanol–water partition coefficient (Wildman–Crippen LogP) is 3.37. The molecule has 16 heavy (non-hydrogen) atoms. The third-order valence-electron chi connectivity index (χ3n) is 2.52. The second kappa shape index (κ2) is 4.70. The molecule has 0 fully saturated rings. The minimum Gasteiger partial charge on any atom is -0.388 e. The van der Waals surface area contributed by atoms with E-state index in [-0.39, 0.29) is 0 Å². The van der Waals surface area contributed by atoms with Gasteiger partial charge in [0.1, 0.15) is 0 Å². The zero-order chi connectivity index (χ0) is 11.5. The Morgan fingerprint density at radius 1 is 1.44 bits per heavy atom. The topological polar surface area (TPSA) is 29.9 Å². The standard InChI is InChI=1S/C12H14BrN3/c1-3-16-12(11(13)8-15-16)9-5-4-6-10(7-9)14-2/h4-8,14H,3H2,1-2H3. The molecule has 1 aromatic heterocycles. The normalized spacial score (nSPS) is 10.4. The molecule has 1 N–H and O–H groups in total. The van der Waals surface area contributed by atoms with Gasteiger partial charge in [-0.3, -0.25) is 4.68 Å².